The van der Waals surface area contributed by atoms with Gasteiger partial charge in [0.15, 0.2) is 5.65 Å². The van der Waals surface area contributed by atoms with Gasteiger partial charge in [-0.2, -0.15) is 5.10 Å². The predicted molar refractivity (Wildman–Crippen MR) is 130 cm³/mol. The first-order valence-electron chi connectivity index (χ1n) is 11.0. The number of benzene rings is 2. The van der Waals surface area contributed by atoms with Crippen molar-refractivity contribution < 1.29 is 9.90 Å². The number of nitrogens with one attached hydrogen (secondary N) is 2. The number of phenolic OH excluding ortho intramolecular Hbond substituents is 1. The van der Waals surface area contributed by atoms with Crippen LogP contribution in [-0.2, 0) is 0 Å². The fourth-order valence-electron chi connectivity index (χ4n) is 4.16. The Morgan fingerprint density at radius 3 is 2.67 bits per heavy atom. The molecule has 1 aliphatic heterocycles. The summed E-state index contributed by atoms with van der Waals surface area (Å²) in [4.78, 5) is 20.4. The SMILES string of the molecule is C[C@H]1CNCCN1C(=O)c1cc(-c2ccc(O)cc2)nc2[nH]nc(/C=C/c3ccccc3)c12. The maximum atomic E-state index is 13.8. The van der Waals surface area contributed by atoms with Crippen molar-refractivity contribution in [2.75, 3.05) is 19.6 Å². The van der Waals surface area contributed by atoms with Crippen molar-refractivity contribution in [2.24, 2.45) is 0 Å². The third kappa shape index (κ3) is 4.23. The van der Waals surface area contributed by atoms with Crippen molar-refractivity contribution in [3.8, 4) is 17.0 Å². The molecule has 33 heavy (non-hydrogen) atoms. The number of fused-ring (bicyclic) bond motifs is 1. The average molecular weight is 440 g/mol. The quantitative estimate of drug-likeness (QED) is 0.448. The molecule has 2 aromatic carbocycles. The second-order valence-corrected chi connectivity index (χ2v) is 8.23. The normalized spacial score (nSPS) is 16.5. The molecule has 1 aliphatic rings. The summed E-state index contributed by atoms with van der Waals surface area (Å²) in [6.45, 7) is 4.22. The summed E-state index contributed by atoms with van der Waals surface area (Å²) in [5.74, 6) is 0.146. The van der Waals surface area contributed by atoms with Gasteiger partial charge >= 0.3 is 0 Å². The van der Waals surface area contributed by atoms with E-state index in [2.05, 4.69) is 22.4 Å². The summed E-state index contributed by atoms with van der Waals surface area (Å²) in [5.41, 5.74) is 4.30. The molecular formula is C26H25N5O2. The molecule has 3 heterocycles. The fourth-order valence-corrected chi connectivity index (χ4v) is 4.16. The molecule has 5 rings (SSSR count). The lowest BCUT2D eigenvalue weighted by molar-refractivity contribution is 0.0657. The lowest BCUT2D eigenvalue weighted by Gasteiger charge is -2.34. The number of amides is 1. The highest BCUT2D eigenvalue weighted by atomic mass is 16.3. The number of piperazine rings is 1. The summed E-state index contributed by atoms with van der Waals surface area (Å²) in [6, 6.07) is 18.7. The molecular weight excluding hydrogens is 414 g/mol. The Balaban J connectivity index is 1.64. The number of hydrogen-bond donors (Lipinski definition) is 3. The van der Waals surface area contributed by atoms with Crippen molar-refractivity contribution in [1.29, 1.82) is 0 Å². The van der Waals surface area contributed by atoms with Gasteiger partial charge in [-0.1, -0.05) is 36.4 Å². The Labute approximate surface area is 191 Å². The van der Waals surface area contributed by atoms with Crippen molar-refractivity contribution in [3.63, 3.8) is 0 Å². The molecule has 1 fully saturated rings. The highest BCUT2D eigenvalue weighted by Crippen LogP contribution is 2.29. The number of phenols is 1. The molecule has 3 N–H and O–H groups in total. The number of H-pyrrole nitrogens is 1. The van der Waals surface area contributed by atoms with Gasteiger partial charge in [-0.3, -0.25) is 9.89 Å². The van der Waals surface area contributed by atoms with Crippen LogP contribution in [0.2, 0.25) is 0 Å². The van der Waals surface area contributed by atoms with Crippen LogP contribution in [0.1, 0.15) is 28.5 Å². The van der Waals surface area contributed by atoms with Crippen LogP contribution in [0.5, 0.6) is 5.75 Å². The molecule has 2 aromatic heterocycles. The minimum atomic E-state index is -0.0350. The van der Waals surface area contributed by atoms with Crippen molar-refractivity contribution in [3.05, 3.63) is 77.5 Å². The van der Waals surface area contributed by atoms with Gasteiger partial charge in [0.2, 0.25) is 0 Å². The van der Waals surface area contributed by atoms with Crippen LogP contribution in [0, 0.1) is 0 Å². The van der Waals surface area contributed by atoms with E-state index >= 15 is 0 Å². The third-order valence-electron chi connectivity index (χ3n) is 5.95. The monoisotopic (exact) mass is 439 g/mol. The molecule has 0 unspecified atom stereocenters. The molecule has 7 nitrogen and oxygen atoms in total. The van der Waals surface area contributed by atoms with Gasteiger partial charge in [0.25, 0.3) is 5.91 Å². The van der Waals surface area contributed by atoms with E-state index in [4.69, 9.17) is 4.98 Å². The van der Waals surface area contributed by atoms with E-state index in [9.17, 15) is 9.90 Å². The Morgan fingerprint density at radius 2 is 1.91 bits per heavy atom. The van der Waals surface area contributed by atoms with Gasteiger partial charge in [-0.05, 0) is 48.9 Å². The van der Waals surface area contributed by atoms with Crippen molar-refractivity contribution in [2.45, 2.75) is 13.0 Å². The third-order valence-corrected chi connectivity index (χ3v) is 5.95. The summed E-state index contributed by atoms with van der Waals surface area (Å²) in [7, 11) is 0. The van der Waals surface area contributed by atoms with Gasteiger partial charge in [-0.15, -0.1) is 0 Å². The van der Waals surface area contributed by atoms with Crippen LogP contribution in [-0.4, -0.2) is 56.8 Å². The lowest BCUT2D eigenvalue weighted by atomic mass is 10.0. The molecule has 1 atom stereocenters. The summed E-state index contributed by atoms with van der Waals surface area (Å²) >= 11 is 0. The molecule has 0 saturated carbocycles. The van der Waals surface area contributed by atoms with E-state index in [1.807, 2.05) is 53.5 Å². The number of carbonyl (C=O) groups is 1. The number of hydrogen-bond acceptors (Lipinski definition) is 5. The predicted octanol–water partition coefficient (Wildman–Crippen LogP) is 3.93. The van der Waals surface area contributed by atoms with Gasteiger partial charge in [-0.25, -0.2) is 4.98 Å². The standard InChI is InChI=1S/C26H25N5O2/c1-17-16-27-13-14-31(17)26(33)21-15-23(19-8-10-20(32)11-9-19)28-25-24(21)22(29-30-25)12-7-18-5-3-2-4-6-18/h2-12,15,17,27,32H,13-14,16H2,1H3,(H,28,29,30)/b12-7+/t17-/m0/s1. The number of carbonyl (C=O) groups excluding carboxylic acids is 1. The van der Waals surface area contributed by atoms with E-state index < -0.39 is 0 Å². The minimum absolute atomic E-state index is 0.0350. The van der Waals surface area contributed by atoms with Gasteiger partial charge in [0.05, 0.1) is 22.3 Å². The van der Waals surface area contributed by atoms with E-state index in [0.717, 1.165) is 24.2 Å². The minimum Gasteiger partial charge on any atom is -0.508 e. The number of aromatic amines is 1. The first-order valence-corrected chi connectivity index (χ1v) is 11.0. The van der Waals surface area contributed by atoms with Crippen LogP contribution < -0.4 is 5.32 Å². The number of aromatic hydroxyl groups is 1. The van der Waals surface area contributed by atoms with E-state index in [1.54, 1.807) is 24.3 Å². The molecule has 0 bridgehead atoms. The summed E-state index contributed by atoms with van der Waals surface area (Å²) in [5, 5.41) is 21.2. The lowest BCUT2D eigenvalue weighted by Crippen LogP contribution is -2.52. The molecule has 0 aliphatic carbocycles. The van der Waals surface area contributed by atoms with E-state index in [1.165, 1.54) is 0 Å². The molecule has 0 spiro atoms. The van der Waals surface area contributed by atoms with Crippen LogP contribution >= 0.6 is 0 Å². The van der Waals surface area contributed by atoms with Crippen LogP contribution in [0.3, 0.4) is 0 Å². The van der Waals surface area contributed by atoms with Gasteiger partial charge in [0.1, 0.15) is 5.75 Å². The molecule has 0 radical (unpaired) electrons. The Kier molecular flexibility index (Phi) is 5.62. The zero-order valence-electron chi connectivity index (χ0n) is 18.3. The Bertz CT molecular complexity index is 1310. The number of rotatable bonds is 4. The van der Waals surface area contributed by atoms with E-state index in [-0.39, 0.29) is 17.7 Å². The molecule has 1 saturated heterocycles. The van der Waals surface area contributed by atoms with Gasteiger partial charge < -0.3 is 15.3 Å². The Morgan fingerprint density at radius 1 is 1.12 bits per heavy atom. The molecule has 1 amide bonds. The van der Waals surface area contributed by atoms with E-state index in [0.29, 0.717) is 34.5 Å². The first-order chi connectivity index (χ1) is 16.1. The highest BCUT2D eigenvalue weighted by molar-refractivity contribution is 6.09. The Hall–Kier alpha value is -3.97. The smallest absolute Gasteiger partial charge is 0.255 e. The van der Waals surface area contributed by atoms with Gasteiger partial charge in [0, 0.05) is 31.2 Å². The topological polar surface area (TPSA) is 94.1 Å². The molecule has 4 aromatic rings. The largest absolute Gasteiger partial charge is 0.508 e. The highest BCUT2D eigenvalue weighted by Gasteiger charge is 2.27. The average Bonchev–Trinajstić information content (AvgIpc) is 3.26. The van der Waals surface area contributed by atoms with Crippen LogP contribution in [0.15, 0.2) is 60.7 Å². The maximum Gasteiger partial charge on any atom is 0.255 e. The maximum absolute atomic E-state index is 13.8. The van der Waals surface area contributed by atoms with Crippen molar-refractivity contribution in [1.82, 2.24) is 25.4 Å². The van der Waals surface area contributed by atoms with Crippen molar-refractivity contribution >= 4 is 29.1 Å². The molecule has 7 heteroatoms. The molecule has 166 valence electrons. The number of aromatic nitrogens is 3. The van der Waals surface area contributed by atoms with Crippen LogP contribution in [0.25, 0.3) is 34.4 Å². The number of nitrogens with zero attached hydrogens (tertiary/aromatic N) is 3. The zero-order chi connectivity index (χ0) is 22.8. The second-order valence-electron chi connectivity index (χ2n) is 8.23. The summed E-state index contributed by atoms with van der Waals surface area (Å²) in [6.07, 6.45) is 3.89. The number of pyridine rings is 1. The fraction of sp³-hybridized carbons (Fsp3) is 0.192. The first kappa shape index (κ1) is 20.9. The summed E-state index contributed by atoms with van der Waals surface area (Å²) < 4.78 is 0. The van der Waals surface area contributed by atoms with Crippen LogP contribution in [0.4, 0.5) is 0 Å². The zero-order valence-corrected chi connectivity index (χ0v) is 18.3. The second kappa shape index (κ2) is 8.88.